The molecule has 0 amide bonds. The zero-order valence-electron chi connectivity index (χ0n) is 9.35. The van der Waals surface area contributed by atoms with Crippen molar-refractivity contribution in [1.29, 1.82) is 0 Å². The molecule has 0 atom stereocenters. The van der Waals surface area contributed by atoms with E-state index in [1.54, 1.807) is 6.08 Å². The van der Waals surface area contributed by atoms with Gasteiger partial charge in [0.05, 0.1) is 13.5 Å². The molecule has 0 aliphatic heterocycles. The normalized spacial score (nSPS) is 10.6. The van der Waals surface area contributed by atoms with Crippen LogP contribution < -0.4 is 0 Å². The Bertz CT molecular complexity index is 369. The number of hydrogen-bond donors (Lipinski definition) is 1. The summed E-state index contributed by atoms with van der Waals surface area (Å²) in [4.78, 5) is 10.9. The number of rotatable bonds is 5. The van der Waals surface area contributed by atoms with Gasteiger partial charge in [-0.25, -0.2) is 0 Å². The van der Waals surface area contributed by atoms with Crippen molar-refractivity contribution >= 4 is 12.0 Å². The Hall–Kier alpha value is -1.61. The lowest BCUT2D eigenvalue weighted by atomic mass is 10.1. The van der Waals surface area contributed by atoms with Gasteiger partial charge in [-0.2, -0.15) is 0 Å². The standard InChI is InChI=1S/C13H16O3/c1-16-13(15)7-3-6-11-4-2-5-12(10-11)8-9-14/h2-6,10,14H,7-9H2,1H3/b6-3+. The van der Waals surface area contributed by atoms with E-state index in [1.807, 2.05) is 30.3 Å². The second kappa shape index (κ2) is 6.80. The van der Waals surface area contributed by atoms with E-state index in [-0.39, 0.29) is 19.0 Å². The third-order valence-electron chi connectivity index (χ3n) is 2.17. The lowest BCUT2D eigenvalue weighted by Gasteiger charge is -1.99. The minimum absolute atomic E-state index is 0.148. The fraction of sp³-hybridized carbons (Fsp3) is 0.308. The minimum atomic E-state index is -0.247. The third kappa shape index (κ3) is 4.28. The molecule has 0 spiro atoms. The van der Waals surface area contributed by atoms with E-state index < -0.39 is 0 Å². The highest BCUT2D eigenvalue weighted by atomic mass is 16.5. The predicted molar refractivity (Wildman–Crippen MR) is 62.9 cm³/mol. The smallest absolute Gasteiger partial charge is 0.309 e. The summed E-state index contributed by atoms with van der Waals surface area (Å²) in [5, 5.41) is 8.81. The Morgan fingerprint density at radius 3 is 3.00 bits per heavy atom. The van der Waals surface area contributed by atoms with E-state index in [0.29, 0.717) is 6.42 Å². The number of methoxy groups -OCH3 is 1. The summed E-state index contributed by atoms with van der Waals surface area (Å²) in [5.74, 6) is -0.247. The van der Waals surface area contributed by atoms with Crippen LogP contribution in [0, 0.1) is 0 Å². The summed E-state index contributed by atoms with van der Waals surface area (Å²) in [7, 11) is 1.37. The molecule has 1 aromatic carbocycles. The summed E-state index contributed by atoms with van der Waals surface area (Å²) < 4.78 is 4.53. The van der Waals surface area contributed by atoms with Gasteiger partial charge in [0.15, 0.2) is 0 Å². The second-order valence-corrected chi connectivity index (χ2v) is 3.40. The molecule has 1 N–H and O–H groups in total. The molecule has 3 heteroatoms. The van der Waals surface area contributed by atoms with Crippen LogP contribution in [0.4, 0.5) is 0 Å². The summed E-state index contributed by atoms with van der Waals surface area (Å²) in [6.07, 6.45) is 4.57. The Kier molecular flexibility index (Phi) is 5.29. The van der Waals surface area contributed by atoms with Crippen molar-refractivity contribution in [3.8, 4) is 0 Å². The first-order valence-corrected chi connectivity index (χ1v) is 5.19. The van der Waals surface area contributed by atoms with Gasteiger partial charge in [-0.15, -0.1) is 0 Å². The predicted octanol–water partition coefficient (Wildman–Crippen LogP) is 1.80. The fourth-order valence-electron chi connectivity index (χ4n) is 1.36. The van der Waals surface area contributed by atoms with Gasteiger partial charge in [0.1, 0.15) is 0 Å². The third-order valence-corrected chi connectivity index (χ3v) is 2.17. The van der Waals surface area contributed by atoms with E-state index in [9.17, 15) is 4.79 Å². The number of aliphatic hydroxyl groups excluding tert-OH is 1. The average molecular weight is 220 g/mol. The van der Waals surface area contributed by atoms with Crippen molar-refractivity contribution in [3.05, 3.63) is 41.5 Å². The van der Waals surface area contributed by atoms with E-state index in [0.717, 1.165) is 11.1 Å². The first-order chi connectivity index (χ1) is 7.76. The molecule has 0 fully saturated rings. The number of aliphatic hydroxyl groups is 1. The number of hydrogen-bond acceptors (Lipinski definition) is 3. The van der Waals surface area contributed by atoms with Crippen molar-refractivity contribution in [1.82, 2.24) is 0 Å². The van der Waals surface area contributed by atoms with Crippen LogP contribution in [0.15, 0.2) is 30.3 Å². The molecule has 0 bridgehead atoms. The lowest BCUT2D eigenvalue weighted by Crippen LogP contribution is -1.96. The Morgan fingerprint density at radius 1 is 1.50 bits per heavy atom. The molecule has 86 valence electrons. The summed E-state index contributed by atoms with van der Waals surface area (Å²) in [5.41, 5.74) is 2.11. The average Bonchev–Trinajstić information content (AvgIpc) is 2.30. The Balaban J connectivity index is 2.59. The maximum absolute atomic E-state index is 10.9. The van der Waals surface area contributed by atoms with Gasteiger partial charge < -0.3 is 9.84 Å². The summed E-state index contributed by atoms with van der Waals surface area (Å²) in [6.45, 7) is 0.148. The largest absolute Gasteiger partial charge is 0.469 e. The van der Waals surface area contributed by atoms with Crippen molar-refractivity contribution < 1.29 is 14.6 Å². The molecule has 0 saturated carbocycles. The molecule has 0 saturated heterocycles. The number of esters is 1. The number of carbonyl (C=O) groups excluding carboxylic acids is 1. The quantitative estimate of drug-likeness (QED) is 0.770. The van der Waals surface area contributed by atoms with Crippen LogP contribution in [-0.4, -0.2) is 24.8 Å². The molecule has 0 unspecified atom stereocenters. The van der Waals surface area contributed by atoms with Crippen LogP contribution in [0.2, 0.25) is 0 Å². The molecule has 0 aromatic heterocycles. The molecular weight excluding hydrogens is 204 g/mol. The van der Waals surface area contributed by atoms with E-state index in [2.05, 4.69) is 4.74 Å². The SMILES string of the molecule is COC(=O)C/C=C/c1cccc(CCO)c1. The molecule has 0 radical (unpaired) electrons. The molecular formula is C13H16O3. The van der Waals surface area contributed by atoms with Gasteiger partial charge in [0.25, 0.3) is 0 Å². The van der Waals surface area contributed by atoms with Crippen LogP contribution in [0.1, 0.15) is 17.5 Å². The number of benzene rings is 1. The van der Waals surface area contributed by atoms with Crippen LogP contribution in [0.5, 0.6) is 0 Å². The highest BCUT2D eigenvalue weighted by Crippen LogP contribution is 2.08. The topological polar surface area (TPSA) is 46.5 Å². The van der Waals surface area contributed by atoms with Crippen LogP contribution >= 0.6 is 0 Å². The van der Waals surface area contributed by atoms with Gasteiger partial charge in [-0.3, -0.25) is 4.79 Å². The second-order valence-electron chi connectivity index (χ2n) is 3.40. The summed E-state index contributed by atoms with van der Waals surface area (Å²) >= 11 is 0. The minimum Gasteiger partial charge on any atom is -0.469 e. The molecule has 0 aliphatic rings. The van der Waals surface area contributed by atoms with Crippen LogP contribution in [0.3, 0.4) is 0 Å². The van der Waals surface area contributed by atoms with Gasteiger partial charge in [-0.05, 0) is 17.5 Å². The highest BCUT2D eigenvalue weighted by Gasteiger charge is 1.95. The summed E-state index contributed by atoms with van der Waals surface area (Å²) in [6, 6.07) is 7.84. The fourth-order valence-corrected chi connectivity index (χ4v) is 1.36. The molecule has 3 nitrogen and oxygen atoms in total. The van der Waals surface area contributed by atoms with Gasteiger partial charge in [-0.1, -0.05) is 36.4 Å². The highest BCUT2D eigenvalue weighted by molar-refractivity contribution is 5.72. The molecule has 16 heavy (non-hydrogen) atoms. The maximum atomic E-state index is 10.9. The van der Waals surface area contributed by atoms with Gasteiger partial charge in [0.2, 0.25) is 0 Å². The first kappa shape index (κ1) is 12.5. The van der Waals surface area contributed by atoms with Crippen molar-refractivity contribution in [3.63, 3.8) is 0 Å². The lowest BCUT2D eigenvalue weighted by molar-refractivity contribution is -0.139. The van der Waals surface area contributed by atoms with Crippen LogP contribution in [0.25, 0.3) is 6.08 Å². The van der Waals surface area contributed by atoms with Crippen molar-refractivity contribution in [2.45, 2.75) is 12.8 Å². The Labute approximate surface area is 95.4 Å². The van der Waals surface area contributed by atoms with E-state index in [1.165, 1.54) is 7.11 Å². The molecule has 1 rings (SSSR count). The Morgan fingerprint density at radius 2 is 2.31 bits per heavy atom. The van der Waals surface area contributed by atoms with Crippen LogP contribution in [-0.2, 0) is 16.0 Å². The van der Waals surface area contributed by atoms with E-state index in [4.69, 9.17) is 5.11 Å². The van der Waals surface area contributed by atoms with Crippen molar-refractivity contribution in [2.24, 2.45) is 0 Å². The monoisotopic (exact) mass is 220 g/mol. The molecule has 0 heterocycles. The van der Waals surface area contributed by atoms with Gasteiger partial charge in [0, 0.05) is 6.61 Å². The number of carbonyl (C=O) groups is 1. The molecule has 1 aromatic rings. The maximum Gasteiger partial charge on any atom is 0.309 e. The van der Waals surface area contributed by atoms with E-state index >= 15 is 0 Å². The van der Waals surface area contributed by atoms with Crippen molar-refractivity contribution in [2.75, 3.05) is 13.7 Å². The first-order valence-electron chi connectivity index (χ1n) is 5.19. The molecule has 0 aliphatic carbocycles. The number of ether oxygens (including phenoxy) is 1. The zero-order valence-corrected chi connectivity index (χ0v) is 9.35. The zero-order chi connectivity index (χ0) is 11.8. The van der Waals surface area contributed by atoms with Gasteiger partial charge >= 0.3 is 5.97 Å².